The van der Waals surface area contributed by atoms with Gasteiger partial charge < -0.3 is 14.9 Å². The summed E-state index contributed by atoms with van der Waals surface area (Å²) in [6.45, 7) is 0. The number of hydrogen-bond acceptors (Lipinski definition) is 3. The van der Waals surface area contributed by atoms with Crippen molar-refractivity contribution < 1.29 is 19.7 Å². The number of phenolic OH excluding ortho intramolecular Hbond substituents is 1. The smallest absolute Gasteiger partial charge is 0.504 e. The summed E-state index contributed by atoms with van der Waals surface area (Å²) < 4.78 is 4.45. The van der Waals surface area contributed by atoms with Crippen molar-refractivity contribution in [3.05, 3.63) is 23.8 Å². The molecule has 0 aromatic heterocycles. The molecule has 0 atom stereocenters. The van der Waals surface area contributed by atoms with Crippen molar-refractivity contribution in [3.63, 3.8) is 0 Å². The molecule has 2 N–H and O–H groups in total. The summed E-state index contributed by atoms with van der Waals surface area (Å²) in [5.41, 5.74) is 0.648. The molecule has 1 aromatic carbocycles. The van der Waals surface area contributed by atoms with Crippen molar-refractivity contribution in [2.45, 2.75) is 30.5 Å². The van der Waals surface area contributed by atoms with Gasteiger partial charge in [-0.25, -0.2) is 4.79 Å². The zero-order valence-electron chi connectivity index (χ0n) is 9.60. The highest BCUT2D eigenvalue weighted by Gasteiger charge is 2.11. The van der Waals surface area contributed by atoms with Gasteiger partial charge in [0.1, 0.15) is 4.84 Å². The van der Waals surface area contributed by atoms with Crippen LogP contribution in [-0.4, -0.2) is 21.2 Å². The Labute approximate surface area is 115 Å². The molecular weight excluding hydrogens is 279 g/mol. The first-order valence-corrected chi connectivity index (χ1v) is 6.37. The fraction of sp³-hybridized carbons (Fsp3) is 0.417. The summed E-state index contributed by atoms with van der Waals surface area (Å²) in [5.74, 6) is -0.180. The van der Waals surface area contributed by atoms with E-state index < -0.39 is 6.16 Å². The van der Waals surface area contributed by atoms with E-state index >= 15 is 0 Å². The Morgan fingerprint density at radius 1 is 1.33 bits per heavy atom. The lowest BCUT2D eigenvalue weighted by atomic mass is 10.1. The first-order valence-electron chi connectivity index (χ1n) is 5.50. The van der Waals surface area contributed by atoms with E-state index in [0.717, 1.165) is 12.8 Å². The van der Waals surface area contributed by atoms with E-state index in [1.54, 1.807) is 12.1 Å². The summed E-state index contributed by atoms with van der Waals surface area (Å²) in [6, 6.07) is 4.77. The Morgan fingerprint density at radius 2 is 2.06 bits per heavy atom. The van der Waals surface area contributed by atoms with Crippen molar-refractivity contribution in [1.29, 1.82) is 0 Å². The van der Waals surface area contributed by atoms with Crippen LogP contribution in [0, 0.1) is 0 Å². The molecule has 0 radical (unpaired) electrons. The molecule has 0 spiro atoms. The Morgan fingerprint density at radius 3 is 2.67 bits per heavy atom. The van der Waals surface area contributed by atoms with Crippen LogP contribution in [0.3, 0.4) is 0 Å². The van der Waals surface area contributed by atoms with Crippen LogP contribution in [0.2, 0.25) is 0 Å². The van der Waals surface area contributed by atoms with Crippen LogP contribution in [0.25, 0.3) is 0 Å². The SMILES string of the molecule is O=C(O)Oc1cccc(CCCCC(Cl)Cl)c1O. The summed E-state index contributed by atoms with van der Waals surface area (Å²) >= 11 is 11.2. The van der Waals surface area contributed by atoms with Crippen molar-refractivity contribution in [2.75, 3.05) is 0 Å². The Hall–Kier alpha value is -1.13. The molecule has 0 aliphatic rings. The van der Waals surface area contributed by atoms with Crippen molar-refractivity contribution >= 4 is 29.4 Å². The second-order valence-electron chi connectivity index (χ2n) is 3.77. The van der Waals surface area contributed by atoms with Gasteiger partial charge >= 0.3 is 6.16 Å². The third kappa shape index (κ3) is 5.02. The second kappa shape index (κ2) is 7.34. The number of halogens is 2. The largest absolute Gasteiger partial charge is 0.511 e. The number of aryl methyl sites for hydroxylation is 1. The summed E-state index contributed by atoms with van der Waals surface area (Å²) in [7, 11) is 0. The first kappa shape index (κ1) is 14.9. The molecule has 0 aliphatic carbocycles. The zero-order valence-corrected chi connectivity index (χ0v) is 11.1. The highest BCUT2D eigenvalue weighted by molar-refractivity contribution is 6.44. The van der Waals surface area contributed by atoms with E-state index in [0.29, 0.717) is 18.4 Å². The van der Waals surface area contributed by atoms with E-state index in [2.05, 4.69) is 4.74 Å². The number of alkyl halides is 2. The lowest BCUT2D eigenvalue weighted by Gasteiger charge is -2.08. The summed E-state index contributed by atoms with van der Waals surface area (Å²) in [5, 5.41) is 18.3. The quantitative estimate of drug-likeness (QED) is 0.360. The van der Waals surface area contributed by atoms with Crippen LogP contribution in [0.1, 0.15) is 24.8 Å². The summed E-state index contributed by atoms with van der Waals surface area (Å²) in [6.07, 6.45) is 1.49. The maximum absolute atomic E-state index is 10.4. The highest BCUT2D eigenvalue weighted by atomic mass is 35.5. The minimum absolute atomic E-state index is 0.0486. The molecule has 100 valence electrons. The Bertz CT molecular complexity index is 407. The minimum Gasteiger partial charge on any atom is -0.504 e. The van der Waals surface area contributed by atoms with Gasteiger partial charge in [0.15, 0.2) is 11.5 Å². The first-order chi connectivity index (χ1) is 8.50. The number of para-hydroxylation sites is 1. The number of carboxylic acid groups (broad SMARTS) is 1. The van der Waals surface area contributed by atoms with E-state index in [9.17, 15) is 9.90 Å². The topological polar surface area (TPSA) is 66.8 Å². The average molecular weight is 293 g/mol. The van der Waals surface area contributed by atoms with Crippen LogP contribution in [-0.2, 0) is 6.42 Å². The maximum atomic E-state index is 10.4. The fourth-order valence-electron chi connectivity index (χ4n) is 1.56. The summed E-state index contributed by atoms with van der Waals surface area (Å²) in [4.78, 5) is 10.0. The maximum Gasteiger partial charge on any atom is 0.511 e. The molecule has 1 aromatic rings. The molecule has 0 saturated heterocycles. The molecule has 0 fully saturated rings. The van der Waals surface area contributed by atoms with E-state index in [4.69, 9.17) is 28.3 Å². The van der Waals surface area contributed by atoms with Crippen molar-refractivity contribution in [1.82, 2.24) is 0 Å². The number of ether oxygens (including phenoxy) is 1. The van der Waals surface area contributed by atoms with Gasteiger partial charge in [0.05, 0.1) is 0 Å². The fourth-order valence-corrected chi connectivity index (χ4v) is 1.87. The van der Waals surface area contributed by atoms with Crippen LogP contribution in [0.15, 0.2) is 18.2 Å². The molecule has 0 unspecified atom stereocenters. The molecular formula is C12H14Cl2O4. The van der Waals surface area contributed by atoms with Gasteiger partial charge in [0, 0.05) is 0 Å². The van der Waals surface area contributed by atoms with Gasteiger partial charge in [-0.05, 0) is 30.9 Å². The van der Waals surface area contributed by atoms with Crippen LogP contribution < -0.4 is 4.74 Å². The van der Waals surface area contributed by atoms with Gasteiger partial charge in [-0.15, -0.1) is 23.2 Å². The monoisotopic (exact) mass is 292 g/mol. The normalized spacial score (nSPS) is 10.6. The highest BCUT2D eigenvalue weighted by Crippen LogP contribution is 2.31. The third-order valence-corrected chi connectivity index (χ3v) is 2.83. The zero-order chi connectivity index (χ0) is 13.5. The van der Waals surface area contributed by atoms with E-state index in [1.807, 2.05) is 0 Å². The predicted octanol–water partition coefficient (Wildman–Crippen LogP) is 3.97. The number of benzene rings is 1. The number of rotatable bonds is 6. The van der Waals surface area contributed by atoms with Crippen LogP contribution in [0.5, 0.6) is 11.5 Å². The van der Waals surface area contributed by atoms with Crippen LogP contribution in [0.4, 0.5) is 4.79 Å². The molecule has 0 amide bonds. The van der Waals surface area contributed by atoms with E-state index in [-0.39, 0.29) is 16.3 Å². The van der Waals surface area contributed by atoms with E-state index in [1.165, 1.54) is 6.07 Å². The number of carbonyl (C=O) groups is 1. The lowest BCUT2D eigenvalue weighted by molar-refractivity contribution is 0.143. The van der Waals surface area contributed by atoms with Gasteiger partial charge in [-0.2, -0.15) is 0 Å². The molecule has 0 heterocycles. The molecule has 4 nitrogen and oxygen atoms in total. The molecule has 6 heteroatoms. The molecule has 0 saturated carbocycles. The van der Waals surface area contributed by atoms with Gasteiger partial charge in [0.2, 0.25) is 0 Å². The number of unbranched alkanes of at least 4 members (excludes halogenated alkanes) is 1. The predicted molar refractivity (Wildman–Crippen MR) is 69.8 cm³/mol. The molecule has 18 heavy (non-hydrogen) atoms. The molecule has 0 aliphatic heterocycles. The Kier molecular flexibility index (Phi) is 6.09. The molecule has 0 bridgehead atoms. The van der Waals surface area contributed by atoms with Crippen molar-refractivity contribution in [2.24, 2.45) is 0 Å². The number of aromatic hydroxyl groups is 1. The Balaban J connectivity index is 2.58. The van der Waals surface area contributed by atoms with Gasteiger partial charge in [-0.3, -0.25) is 0 Å². The number of phenols is 1. The molecule has 1 rings (SSSR count). The standard InChI is InChI=1S/C12H14Cl2O4/c13-10(14)7-2-1-4-8-5-3-6-9(11(8)15)18-12(16)17/h3,5-6,10,15H,1-2,4,7H2,(H,16,17). The minimum atomic E-state index is -1.45. The number of hydrogen-bond donors (Lipinski definition) is 2. The lowest BCUT2D eigenvalue weighted by Crippen LogP contribution is -2.03. The second-order valence-corrected chi connectivity index (χ2v) is 5.05. The van der Waals surface area contributed by atoms with Crippen molar-refractivity contribution in [3.8, 4) is 11.5 Å². The average Bonchev–Trinajstić information content (AvgIpc) is 2.28. The van der Waals surface area contributed by atoms with Crippen LogP contribution >= 0.6 is 23.2 Å². The third-order valence-electron chi connectivity index (χ3n) is 2.40. The van der Waals surface area contributed by atoms with Gasteiger partial charge in [-0.1, -0.05) is 18.6 Å². The van der Waals surface area contributed by atoms with Gasteiger partial charge in [0.25, 0.3) is 0 Å².